The minimum Gasteiger partial charge on any atom is -0.496 e. The highest BCUT2D eigenvalue weighted by molar-refractivity contribution is 5.82. The van der Waals surface area contributed by atoms with Crippen LogP contribution < -0.4 is 4.74 Å². The number of hydrogen-bond acceptors (Lipinski definition) is 3. The topological polar surface area (TPSA) is 43.6 Å². The monoisotopic (exact) mass is 216 g/mol. The van der Waals surface area contributed by atoms with E-state index in [1.807, 2.05) is 36.0 Å². The predicted molar refractivity (Wildman–Crippen MR) is 61.3 cm³/mol. The van der Waals surface area contributed by atoms with Crippen molar-refractivity contribution in [3.63, 3.8) is 0 Å². The van der Waals surface area contributed by atoms with Gasteiger partial charge >= 0.3 is 0 Å². The van der Waals surface area contributed by atoms with E-state index in [0.29, 0.717) is 6.54 Å². The molecule has 0 N–H and O–H groups in total. The van der Waals surface area contributed by atoms with Gasteiger partial charge in [-0.15, -0.1) is 0 Å². The Morgan fingerprint density at radius 1 is 1.50 bits per heavy atom. The summed E-state index contributed by atoms with van der Waals surface area (Å²) in [5.41, 5.74) is 1.98. The zero-order chi connectivity index (χ0) is 11.5. The molecule has 82 valence electrons. The first-order valence-corrected chi connectivity index (χ1v) is 4.92. The molecule has 0 aliphatic carbocycles. The highest BCUT2D eigenvalue weighted by atomic mass is 16.5. The first kappa shape index (κ1) is 10.5. The van der Waals surface area contributed by atoms with Crippen molar-refractivity contribution in [1.82, 2.24) is 4.57 Å². The number of ether oxygens (including phenoxy) is 1. The Morgan fingerprint density at radius 2 is 2.31 bits per heavy atom. The highest BCUT2D eigenvalue weighted by Gasteiger charge is 2.07. The van der Waals surface area contributed by atoms with Gasteiger partial charge in [-0.25, -0.2) is 9.79 Å². The number of carbonyl (C=O) groups excluding carboxylic acids is 1. The smallest absolute Gasteiger partial charge is 0.235 e. The maximum atomic E-state index is 10.1. The first-order chi connectivity index (χ1) is 7.76. The molecule has 2 rings (SSSR count). The fraction of sp³-hybridized carbons (Fsp3) is 0.250. The van der Waals surface area contributed by atoms with Gasteiger partial charge in [-0.3, -0.25) is 0 Å². The van der Waals surface area contributed by atoms with Gasteiger partial charge in [0.1, 0.15) is 5.75 Å². The number of fused-ring (bicyclic) bond motifs is 1. The Bertz CT molecular complexity index is 566. The Kier molecular flexibility index (Phi) is 2.75. The van der Waals surface area contributed by atoms with Crippen molar-refractivity contribution in [3.05, 3.63) is 30.0 Å². The molecule has 4 nitrogen and oxygen atoms in total. The number of methoxy groups -OCH3 is 1. The van der Waals surface area contributed by atoms with Crippen LogP contribution in [-0.4, -0.2) is 17.8 Å². The fourth-order valence-electron chi connectivity index (χ4n) is 1.77. The maximum Gasteiger partial charge on any atom is 0.235 e. The third kappa shape index (κ3) is 1.71. The number of rotatable bonds is 3. The van der Waals surface area contributed by atoms with Crippen LogP contribution in [0.1, 0.15) is 5.56 Å². The number of aryl methyl sites for hydroxylation is 1. The van der Waals surface area contributed by atoms with E-state index in [0.717, 1.165) is 22.2 Å². The van der Waals surface area contributed by atoms with Crippen molar-refractivity contribution in [2.24, 2.45) is 12.0 Å². The number of benzene rings is 1. The van der Waals surface area contributed by atoms with Crippen LogP contribution >= 0.6 is 0 Å². The summed E-state index contributed by atoms with van der Waals surface area (Å²) in [7, 11) is 3.58. The molecular formula is C12H12N2O2. The van der Waals surface area contributed by atoms with Gasteiger partial charge in [0.25, 0.3) is 0 Å². The van der Waals surface area contributed by atoms with Crippen LogP contribution in [0.3, 0.4) is 0 Å². The second-order valence-electron chi connectivity index (χ2n) is 3.56. The minimum atomic E-state index is 0.299. The summed E-state index contributed by atoms with van der Waals surface area (Å²) < 4.78 is 7.28. The van der Waals surface area contributed by atoms with E-state index in [1.165, 1.54) is 6.08 Å². The van der Waals surface area contributed by atoms with Crippen LogP contribution in [-0.2, 0) is 18.4 Å². The van der Waals surface area contributed by atoms with E-state index in [2.05, 4.69) is 4.99 Å². The van der Waals surface area contributed by atoms with Crippen molar-refractivity contribution in [3.8, 4) is 5.75 Å². The van der Waals surface area contributed by atoms with E-state index < -0.39 is 0 Å². The molecule has 0 amide bonds. The SMILES string of the molecule is COc1cc2ccn(C)c2cc1CN=C=O. The zero-order valence-corrected chi connectivity index (χ0v) is 9.23. The van der Waals surface area contributed by atoms with Crippen LogP contribution in [0.15, 0.2) is 29.4 Å². The normalized spacial score (nSPS) is 10.1. The summed E-state index contributed by atoms with van der Waals surface area (Å²) in [5.74, 6) is 0.748. The number of isocyanates is 1. The summed E-state index contributed by atoms with van der Waals surface area (Å²) >= 11 is 0. The molecule has 4 heteroatoms. The quantitative estimate of drug-likeness (QED) is 0.582. The standard InChI is InChI=1S/C12H12N2O2/c1-14-4-3-9-6-12(16-2)10(5-11(9)14)7-13-8-15/h3-6H,7H2,1-2H3. The van der Waals surface area contributed by atoms with Crippen molar-refractivity contribution in [2.75, 3.05) is 7.11 Å². The molecule has 0 saturated carbocycles. The number of aliphatic imine (C=N–C) groups is 1. The van der Waals surface area contributed by atoms with Gasteiger partial charge in [-0.2, -0.15) is 0 Å². The van der Waals surface area contributed by atoms with Crippen molar-refractivity contribution < 1.29 is 9.53 Å². The maximum absolute atomic E-state index is 10.1. The van der Waals surface area contributed by atoms with Crippen molar-refractivity contribution >= 4 is 17.0 Å². The molecule has 0 radical (unpaired) electrons. The molecule has 1 heterocycles. The highest BCUT2D eigenvalue weighted by Crippen LogP contribution is 2.26. The molecule has 0 unspecified atom stereocenters. The molecule has 0 aliphatic rings. The van der Waals surface area contributed by atoms with Crippen LogP contribution in [0.5, 0.6) is 5.75 Å². The Hall–Kier alpha value is -2.06. The third-order valence-corrected chi connectivity index (χ3v) is 2.60. The van der Waals surface area contributed by atoms with Gasteiger partial charge in [0.15, 0.2) is 0 Å². The lowest BCUT2D eigenvalue weighted by Crippen LogP contribution is -1.92. The van der Waals surface area contributed by atoms with Gasteiger partial charge in [-0.1, -0.05) is 0 Å². The van der Waals surface area contributed by atoms with Gasteiger partial charge < -0.3 is 9.30 Å². The summed E-state index contributed by atoms with van der Waals surface area (Å²) in [6, 6.07) is 5.95. The second-order valence-corrected chi connectivity index (χ2v) is 3.56. The summed E-state index contributed by atoms with van der Waals surface area (Å²) in [5, 5.41) is 1.11. The van der Waals surface area contributed by atoms with Gasteiger partial charge in [-0.05, 0) is 18.2 Å². The largest absolute Gasteiger partial charge is 0.496 e. The molecule has 16 heavy (non-hydrogen) atoms. The number of nitrogens with zero attached hydrogens (tertiary/aromatic N) is 2. The Labute approximate surface area is 93.2 Å². The van der Waals surface area contributed by atoms with Crippen molar-refractivity contribution in [1.29, 1.82) is 0 Å². The third-order valence-electron chi connectivity index (χ3n) is 2.60. The lowest BCUT2D eigenvalue weighted by Gasteiger charge is -2.07. The molecule has 2 aromatic rings. The average Bonchev–Trinajstić information content (AvgIpc) is 2.66. The van der Waals surface area contributed by atoms with E-state index in [1.54, 1.807) is 7.11 Å². The zero-order valence-electron chi connectivity index (χ0n) is 9.23. The van der Waals surface area contributed by atoms with Gasteiger partial charge in [0, 0.05) is 29.7 Å². The number of aromatic nitrogens is 1. The van der Waals surface area contributed by atoms with E-state index in [9.17, 15) is 4.79 Å². The Balaban J connectivity index is 2.59. The molecule has 1 aromatic heterocycles. The molecule has 1 aromatic carbocycles. The van der Waals surface area contributed by atoms with Crippen LogP contribution in [0.25, 0.3) is 10.9 Å². The van der Waals surface area contributed by atoms with E-state index in [-0.39, 0.29) is 0 Å². The molecule has 0 fully saturated rings. The average molecular weight is 216 g/mol. The predicted octanol–water partition coefficient (Wildman–Crippen LogP) is 2.02. The fourth-order valence-corrected chi connectivity index (χ4v) is 1.77. The lowest BCUT2D eigenvalue weighted by molar-refractivity contribution is 0.410. The molecule has 0 bridgehead atoms. The first-order valence-electron chi connectivity index (χ1n) is 4.92. The Morgan fingerprint density at radius 3 is 3.00 bits per heavy atom. The van der Waals surface area contributed by atoms with Crippen molar-refractivity contribution in [2.45, 2.75) is 6.54 Å². The summed E-state index contributed by atoms with van der Waals surface area (Å²) in [4.78, 5) is 13.7. The van der Waals surface area contributed by atoms with E-state index in [4.69, 9.17) is 4.74 Å². The molecular weight excluding hydrogens is 204 g/mol. The molecule has 0 saturated heterocycles. The lowest BCUT2D eigenvalue weighted by atomic mass is 10.1. The summed E-state index contributed by atoms with van der Waals surface area (Å²) in [6.07, 6.45) is 3.52. The second kappa shape index (κ2) is 4.21. The van der Waals surface area contributed by atoms with E-state index >= 15 is 0 Å². The van der Waals surface area contributed by atoms with Crippen LogP contribution in [0.2, 0.25) is 0 Å². The molecule has 0 atom stereocenters. The van der Waals surface area contributed by atoms with Crippen LogP contribution in [0, 0.1) is 0 Å². The molecule has 0 spiro atoms. The van der Waals surface area contributed by atoms with Gasteiger partial charge in [0.2, 0.25) is 6.08 Å². The minimum absolute atomic E-state index is 0.299. The number of hydrogen-bond donors (Lipinski definition) is 0. The molecule has 0 aliphatic heterocycles. The van der Waals surface area contributed by atoms with Crippen LogP contribution in [0.4, 0.5) is 0 Å². The van der Waals surface area contributed by atoms with Gasteiger partial charge in [0.05, 0.1) is 13.7 Å². The summed E-state index contributed by atoms with van der Waals surface area (Å²) in [6.45, 7) is 0.299.